The normalized spacial score (nSPS) is 15.3. The van der Waals surface area contributed by atoms with Crippen LogP contribution in [-0.4, -0.2) is 64.5 Å². The molecule has 0 aliphatic carbocycles. The number of sulfone groups is 1. The van der Waals surface area contributed by atoms with Crippen molar-refractivity contribution in [3.63, 3.8) is 0 Å². The Kier molecular flexibility index (Phi) is 7.84. The summed E-state index contributed by atoms with van der Waals surface area (Å²) in [4.78, 5) is 26.4. The van der Waals surface area contributed by atoms with Crippen molar-refractivity contribution in [3.05, 3.63) is 36.3 Å². The number of rotatable bonds is 10. The zero-order valence-corrected chi connectivity index (χ0v) is 22.9. The van der Waals surface area contributed by atoms with Crippen LogP contribution in [0.4, 0.5) is 17.6 Å². The van der Waals surface area contributed by atoms with E-state index in [2.05, 4.69) is 44.0 Å². The number of anilines is 3. The molecule has 1 fully saturated rings. The highest BCUT2D eigenvalue weighted by Crippen LogP contribution is 2.30. The predicted octanol–water partition coefficient (Wildman–Crippen LogP) is 4.39. The van der Waals surface area contributed by atoms with Crippen LogP contribution in [0.15, 0.2) is 30.7 Å². The Balaban J connectivity index is 1.54. The van der Waals surface area contributed by atoms with E-state index in [4.69, 9.17) is 4.74 Å². The third-order valence-corrected chi connectivity index (χ3v) is 9.13. The molecule has 11 heteroatoms. The second-order valence-electron chi connectivity index (χ2n) is 10.6. The molecule has 0 unspecified atom stereocenters. The Bertz CT molecular complexity index is 1380. The van der Waals surface area contributed by atoms with Crippen LogP contribution in [0.25, 0.3) is 10.9 Å². The summed E-state index contributed by atoms with van der Waals surface area (Å²) < 4.78 is 30.5. The number of hydrogen-bond donors (Lipinski definition) is 2. The fourth-order valence-corrected chi connectivity index (χ4v) is 4.59. The van der Waals surface area contributed by atoms with E-state index >= 15 is 0 Å². The van der Waals surface area contributed by atoms with Gasteiger partial charge in [0.1, 0.15) is 11.6 Å². The van der Waals surface area contributed by atoms with Gasteiger partial charge < -0.3 is 19.9 Å². The molecule has 0 saturated carbocycles. The van der Waals surface area contributed by atoms with E-state index in [1.54, 1.807) is 32.3 Å². The molecule has 37 heavy (non-hydrogen) atoms. The lowest BCUT2D eigenvalue weighted by atomic mass is 9.92. The summed E-state index contributed by atoms with van der Waals surface area (Å²) in [5.74, 6) is 1.91. The predicted molar refractivity (Wildman–Crippen MR) is 145 cm³/mol. The molecule has 4 rings (SSSR count). The van der Waals surface area contributed by atoms with Crippen molar-refractivity contribution >= 4 is 44.1 Å². The van der Waals surface area contributed by atoms with Gasteiger partial charge in [-0.05, 0) is 52.5 Å². The van der Waals surface area contributed by atoms with E-state index in [1.807, 2.05) is 12.3 Å². The van der Waals surface area contributed by atoms with E-state index in [-0.39, 0.29) is 18.4 Å². The lowest BCUT2D eigenvalue weighted by Gasteiger charge is -2.22. The molecule has 2 N–H and O–H groups in total. The third-order valence-electron chi connectivity index (χ3n) is 6.98. The van der Waals surface area contributed by atoms with Crippen LogP contribution in [0, 0.1) is 5.92 Å². The number of fused-ring (bicyclic) bond motifs is 1. The number of pyridine rings is 1. The first-order chi connectivity index (χ1) is 17.4. The summed E-state index contributed by atoms with van der Waals surface area (Å²) in [6, 6.07) is 3.79. The number of Topliss-reactive ketones (excluding diaryl/α,β-unsaturated/α-hetero) is 1. The van der Waals surface area contributed by atoms with Gasteiger partial charge in [0.2, 0.25) is 5.95 Å². The van der Waals surface area contributed by atoms with Gasteiger partial charge in [-0.1, -0.05) is 0 Å². The van der Waals surface area contributed by atoms with Crippen molar-refractivity contribution in [2.45, 2.75) is 57.7 Å². The molecular formula is C26H36N6O4S. The number of nitrogens with one attached hydrogen (secondary N) is 2. The molecule has 1 aliphatic heterocycles. The van der Waals surface area contributed by atoms with Gasteiger partial charge in [-0.15, -0.1) is 0 Å². The molecule has 1 aliphatic rings. The van der Waals surface area contributed by atoms with Crippen molar-refractivity contribution in [2.75, 3.05) is 36.6 Å². The highest BCUT2D eigenvalue weighted by molar-refractivity contribution is 7.92. The number of ether oxygens (including phenoxy) is 1. The summed E-state index contributed by atoms with van der Waals surface area (Å²) in [6.07, 6.45) is 8.85. The second kappa shape index (κ2) is 10.7. The molecule has 1 saturated heterocycles. The Labute approximate surface area is 218 Å². The van der Waals surface area contributed by atoms with Gasteiger partial charge in [0.25, 0.3) is 0 Å². The van der Waals surface area contributed by atoms with Gasteiger partial charge in [-0.25, -0.2) is 18.4 Å². The number of nitrogens with zero attached hydrogens (tertiary/aromatic N) is 4. The number of hydrogen-bond acceptors (Lipinski definition) is 9. The summed E-state index contributed by atoms with van der Waals surface area (Å²) in [7, 11) is -3.25. The standard InChI is InChI=1S/C26H36N6O4S/c1-17(2)32-15-20(22(33)12-18-7-10-36-11-8-18)19-14-28-24(13-21(19)32)30-23-6-9-27-25(31-23)29-16-26(3,4)37(5,34)35/h6,9,13-15,17-18H,7-8,10-12,16H2,1-5H3,(H2,27,28,29,30,31). The van der Waals surface area contributed by atoms with Gasteiger partial charge in [0.15, 0.2) is 15.6 Å². The second-order valence-corrected chi connectivity index (χ2v) is 13.2. The number of carbonyl (C=O) groups is 1. The van der Waals surface area contributed by atoms with Gasteiger partial charge in [0.05, 0.1) is 10.3 Å². The summed E-state index contributed by atoms with van der Waals surface area (Å²) in [6.45, 7) is 9.09. The van der Waals surface area contributed by atoms with Gasteiger partial charge >= 0.3 is 0 Å². The van der Waals surface area contributed by atoms with Crippen LogP contribution in [0.2, 0.25) is 0 Å². The van der Waals surface area contributed by atoms with E-state index < -0.39 is 14.6 Å². The lowest BCUT2D eigenvalue weighted by molar-refractivity contribution is 0.0601. The third kappa shape index (κ3) is 6.27. The molecule has 0 aromatic carbocycles. The Morgan fingerprint density at radius 2 is 1.95 bits per heavy atom. The SMILES string of the molecule is CC(C)n1cc(C(=O)CC2CCOCC2)c2cnc(Nc3ccnc(NCC(C)(C)S(C)(=O)=O)n3)cc21. The fraction of sp³-hybridized carbons (Fsp3) is 0.538. The average Bonchev–Trinajstić information content (AvgIpc) is 3.22. The van der Waals surface area contributed by atoms with Crippen molar-refractivity contribution in [1.82, 2.24) is 19.5 Å². The maximum Gasteiger partial charge on any atom is 0.224 e. The van der Waals surface area contributed by atoms with Crippen molar-refractivity contribution in [3.8, 4) is 0 Å². The highest BCUT2D eigenvalue weighted by atomic mass is 32.2. The van der Waals surface area contributed by atoms with Crippen LogP contribution in [-0.2, 0) is 14.6 Å². The Morgan fingerprint density at radius 3 is 2.62 bits per heavy atom. The fourth-order valence-electron chi connectivity index (χ4n) is 4.25. The zero-order valence-electron chi connectivity index (χ0n) is 22.1. The van der Waals surface area contributed by atoms with Gasteiger partial charge in [-0.2, -0.15) is 4.98 Å². The largest absolute Gasteiger partial charge is 0.381 e. The highest BCUT2D eigenvalue weighted by Gasteiger charge is 2.30. The van der Waals surface area contributed by atoms with Crippen LogP contribution < -0.4 is 10.6 Å². The lowest BCUT2D eigenvalue weighted by Crippen LogP contribution is -2.38. The zero-order chi connectivity index (χ0) is 26.8. The summed E-state index contributed by atoms with van der Waals surface area (Å²) in [5.41, 5.74) is 1.63. The monoisotopic (exact) mass is 528 g/mol. The molecule has 200 valence electrons. The molecule has 0 atom stereocenters. The molecule has 4 heterocycles. The minimum Gasteiger partial charge on any atom is -0.381 e. The molecule has 0 bridgehead atoms. The molecular weight excluding hydrogens is 492 g/mol. The number of carbonyl (C=O) groups excluding carboxylic acids is 1. The molecule has 0 amide bonds. The van der Waals surface area contributed by atoms with E-state index in [0.29, 0.717) is 35.5 Å². The molecule has 3 aromatic heterocycles. The molecule has 10 nitrogen and oxygen atoms in total. The van der Waals surface area contributed by atoms with Crippen molar-refractivity contribution in [2.24, 2.45) is 5.92 Å². The van der Waals surface area contributed by atoms with E-state index in [0.717, 1.165) is 37.0 Å². The molecule has 0 radical (unpaired) electrons. The van der Waals surface area contributed by atoms with Crippen LogP contribution in [0.1, 0.15) is 63.4 Å². The van der Waals surface area contributed by atoms with Crippen molar-refractivity contribution < 1.29 is 17.9 Å². The first-order valence-corrected chi connectivity index (χ1v) is 14.5. The van der Waals surface area contributed by atoms with Crippen LogP contribution >= 0.6 is 0 Å². The average molecular weight is 529 g/mol. The minimum atomic E-state index is -3.25. The molecule has 3 aromatic rings. The summed E-state index contributed by atoms with van der Waals surface area (Å²) >= 11 is 0. The quantitative estimate of drug-likeness (QED) is 0.368. The first-order valence-electron chi connectivity index (χ1n) is 12.6. The van der Waals surface area contributed by atoms with E-state index in [9.17, 15) is 13.2 Å². The Hall–Kier alpha value is -3.05. The van der Waals surface area contributed by atoms with Gasteiger partial charge in [0, 0.05) is 74.1 Å². The number of aromatic nitrogens is 4. The van der Waals surface area contributed by atoms with Crippen LogP contribution in [0.3, 0.4) is 0 Å². The molecule has 0 spiro atoms. The minimum absolute atomic E-state index is 0.141. The first kappa shape index (κ1) is 27.0. The van der Waals surface area contributed by atoms with Crippen molar-refractivity contribution in [1.29, 1.82) is 0 Å². The summed E-state index contributed by atoms with van der Waals surface area (Å²) in [5, 5.41) is 7.05. The Morgan fingerprint density at radius 1 is 1.22 bits per heavy atom. The van der Waals surface area contributed by atoms with Crippen LogP contribution in [0.5, 0.6) is 0 Å². The maximum atomic E-state index is 13.2. The number of ketones is 1. The van der Waals surface area contributed by atoms with E-state index in [1.165, 1.54) is 6.26 Å². The maximum absolute atomic E-state index is 13.2. The topological polar surface area (TPSA) is 128 Å². The smallest absolute Gasteiger partial charge is 0.224 e. The van der Waals surface area contributed by atoms with Gasteiger partial charge in [-0.3, -0.25) is 4.79 Å².